The average molecular weight is 364 g/mol. The number of aryl methyl sites for hydroxylation is 1. The summed E-state index contributed by atoms with van der Waals surface area (Å²) >= 11 is 0. The molecule has 27 heavy (non-hydrogen) atoms. The number of benzene rings is 1. The third kappa shape index (κ3) is 3.32. The van der Waals surface area contributed by atoms with Crippen LogP contribution in [0, 0.1) is 0 Å². The number of hydrogen-bond donors (Lipinski definition) is 1. The molecule has 6 nitrogen and oxygen atoms in total. The maximum Gasteiger partial charge on any atom is 0.264 e. The highest BCUT2D eigenvalue weighted by Crippen LogP contribution is 2.31. The normalized spacial score (nSPS) is 14.5. The van der Waals surface area contributed by atoms with Crippen LogP contribution in [0.4, 0.5) is 5.82 Å². The molecule has 2 heterocycles. The molecular weight excluding hydrogens is 340 g/mol. The van der Waals surface area contributed by atoms with Crippen molar-refractivity contribution in [3.8, 4) is 11.3 Å². The molecule has 1 N–H and O–H groups in total. The lowest BCUT2D eigenvalue weighted by Crippen LogP contribution is -2.20. The molecule has 6 heteroatoms. The predicted octanol–water partition coefficient (Wildman–Crippen LogP) is 3.45. The molecule has 0 saturated heterocycles. The largest absolute Gasteiger partial charge is 0.374 e. The Labute approximate surface area is 158 Å². The molecule has 4 rings (SSSR count). The van der Waals surface area contributed by atoms with Gasteiger partial charge in [0.15, 0.2) is 0 Å². The van der Waals surface area contributed by atoms with Crippen LogP contribution in [0.25, 0.3) is 22.2 Å². The fourth-order valence-corrected chi connectivity index (χ4v) is 3.06. The van der Waals surface area contributed by atoms with E-state index in [1.165, 1.54) is 4.57 Å². The number of hydrogen-bond acceptors (Lipinski definition) is 5. The Morgan fingerprint density at radius 2 is 1.93 bits per heavy atom. The van der Waals surface area contributed by atoms with Gasteiger partial charge in [-0.05, 0) is 38.3 Å². The van der Waals surface area contributed by atoms with Crippen molar-refractivity contribution in [3.05, 3.63) is 52.6 Å². The van der Waals surface area contributed by atoms with Crippen LogP contribution in [0.5, 0.6) is 0 Å². The van der Waals surface area contributed by atoms with Gasteiger partial charge in [-0.3, -0.25) is 4.79 Å². The van der Waals surface area contributed by atoms with Gasteiger partial charge in [0.1, 0.15) is 11.2 Å². The van der Waals surface area contributed by atoms with Gasteiger partial charge in [-0.2, -0.15) is 0 Å². The summed E-state index contributed by atoms with van der Waals surface area (Å²) in [4.78, 5) is 21.8. The molecule has 0 spiro atoms. The molecule has 0 amide bonds. The topological polar surface area (TPSA) is 69.0 Å². The lowest BCUT2D eigenvalue weighted by Gasteiger charge is -2.23. The van der Waals surface area contributed by atoms with Crippen molar-refractivity contribution < 1.29 is 4.74 Å². The van der Waals surface area contributed by atoms with E-state index in [4.69, 9.17) is 9.72 Å². The van der Waals surface area contributed by atoms with Crippen molar-refractivity contribution in [3.63, 3.8) is 0 Å². The van der Waals surface area contributed by atoms with Crippen molar-refractivity contribution in [1.29, 1.82) is 0 Å². The Bertz CT molecular complexity index is 1050. The molecular formula is C21H24N4O2. The van der Waals surface area contributed by atoms with Crippen molar-refractivity contribution in [2.75, 3.05) is 12.4 Å². The van der Waals surface area contributed by atoms with E-state index >= 15 is 0 Å². The van der Waals surface area contributed by atoms with Gasteiger partial charge in [0.05, 0.1) is 23.1 Å². The van der Waals surface area contributed by atoms with Gasteiger partial charge in [-0.15, -0.1) is 0 Å². The monoisotopic (exact) mass is 364 g/mol. The summed E-state index contributed by atoms with van der Waals surface area (Å²) in [5.41, 5.74) is 3.11. The van der Waals surface area contributed by atoms with Crippen LogP contribution in [0.2, 0.25) is 0 Å². The number of pyridine rings is 1. The molecule has 1 aliphatic carbocycles. The fourth-order valence-electron chi connectivity index (χ4n) is 3.06. The maximum atomic E-state index is 12.6. The first-order valence-electron chi connectivity index (χ1n) is 9.18. The Balaban J connectivity index is 1.82. The number of aromatic nitrogens is 3. The number of ether oxygens (including phenoxy) is 1. The van der Waals surface area contributed by atoms with E-state index in [9.17, 15) is 4.79 Å². The Morgan fingerprint density at radius 1 is 1.22 bits per heavy atom. The number of nitrogens with one attached hydrogen (secondary N) is 1. The molecule has 140 valence electrons. The minimum absolute atomic E-state index is 0.0839. The first-order chi connectivity index (χ1) is 12.9. The molecule has 0 bridgehead atoms. The third-order valence-corrected chi connectivity index (χ3v) is 5.21. The molecule has 0 atom stereocenters. The van der Waals surface area contributed by atoms with Gasteiger partial charge in [-0.25, -0.2) is 9.97 Å². The first-order valence-corrected chi connectivity index (χ1v) is 9.18. The Kier molecular flexibility index (Phi) is 4.23. The molecule has 1 aliphatic rings. The zero-order chi connectivity index (χ0) is 19.2. The van der Waals surface area contributed by atoms with Crippen molar-refractivity contribution in [2.24, 2.45) is 7.05 Å². The van der Waals surface area contributed by atoms with Gasteiger partial charge in [0.25, 0.3) is 5.56 Å². The lowest BCUT2D eigenvalue weighted by atomic mass is 9.96. The molecule has 2 aromatic heterocycles. The minimum Gasteiger partial charge on any atom is -0.374 e. The molecule has 0 unspecified atom stereocenters. The van der Waals surface area contributed by atoms with Gasteiger partial charge >= 0.3 is 0 Å². The summed E-state index contributed by atoms with van der Waals surface area (Å²) in [6.07, 6.45) is 3.77. The molecule has 0 radical (unpaired) electrons. The summed E-state index contributed by atoms with van der Waals surface area (Å²) in [5.74, 6) is 0.625. The maximum absolute atomic E-state index is 12.6. The van der Waals surface area contributed by atoms with Crippen LogP contribution in [0.15, 0.2) is 41.5 Å². The second-order valence-electron chi connectivity index (χ2n) is 7.62. The van der Waals surface area contributed by atoms with Crippen molar-refractivity contribution in [2.45, 2.75) is 38.3 Å². The summed E-state index contributed by atoms with van der Waals surface area (Å²) in [5, 5.41) is 3.95. The van der Waals surface area contributed by atoms with Crippen molar-refractivity contribution >= 4 is 16.7 Å². The van der Waals surface area contributed by atoms with E-state index in [1.54, 1.807) is 20.5 Å². The number of rotatable bonds is 5. The lowest BCUT2D eigenvalue weighted by molar-refractivity contribution is 0.0192. The quantitative estimate of drug-likeness (QED) is 0.751. The second-order valence-corrected chi connectivity index (χ2v) is 7.62. The van der Waals surface area contributed by atoms with E-state index in [1.807, 2.05) is 32.0 Å². The fraction of sp³-hybridized carbons (Fsp3) is 0.381. The Morgan fingerprint density at radius 3 is 2.56 bits per heavy atom. The van der Waals surface area contributed by atoms with E-state index in [-0.39, 0.29) is 11.2 Å². The molecule has 1 fully saturated rings. The summed E-state index contributed by atoms with van der Waals surface area (Å²) in [7, 11) is 3.42. The Hall–Kier alpha value is -2.73. The van der Waals surface area contributed by atoms with Crippen LogP contribution in [0.1, 0.15) is 32.3 Å². The van der Waals surface area contributed by atoms with Gasteiger partial charge < -0.3 is 14.6 Å². The van der Waals surface area contributed by atoms with Gasteiger partial charge in [0, 0.05) is 25.8 Å². The third-order valence-electron chi connectivity index (χ3n) is 5.21. The number of nitrogens with zero attached hydrogens (tertiary/aromatic N) is 3. The smallest absolute Gasteiger partial charge is 0.264 e. The number of methoxy groups -OCH3 is 1. The first kappa shape index (κ1) is 17.7. The number of fused-ring (bicyclic) bond motifs is 1. The van der Waals surface area contributed by atoms with E-state index in [0.29, 0.717) is 22.8 Å². The van der Waals surface area contributed by atoms with Crippen LogP contribution >= 0.6 is 0 Å². The predicted molar refractivity (Wildman–Crippen MR) is 107 cm³/mol. The highest BCUT2D eigenvalue weighted by molar-refractivity contribution is 5.91. The highest BCUT2D eigenvalue weighted by Gasteiger charge is 2.24. The van der Waals surface area contributed by atoms with E-state index < -0.39 is 0 Å². The average Bonchev–Trinajstić information content (AvgIpc) is 3.48. The standard InChI is InChI=1S/C21H24N4O2/c1-21(2,27-4)14-7-5-13(6-8-14)16-11-17-18(20(26)25(3)12-22-17)19(24-16)23-15-9-10-15/h5-8,11-12,15H,9-10H2,1-4H3,(H,23,24). The molecule has 0 aliphatic heterocycles. The SMILES string of the molecule is COC(C)(C)c1ccc(-c2cc3ncn(C)c(=O)c3c(NC3CC3)n2)cc1. The molecule has 1 aromatic carbocycles. The highest BCUT2D eigenvalue weighted by atomic mass is 16.5. The zero-order valence-electron chi connectivity index (χ0n) is 16.1. The van der Waals surface area contributed by atoms with Crippen LogP contribution < -0.4 is 10.9 Å². The van der Waals surface area contributed by atoms with E-state index in [0.717, 1.165) is 29.7 Å². The zero-order valence-corrected chi connectivity index (χ0v) is 16.1. The summed E-state index contributed by atoms with van der Waals surface area (Å²) < 4.78 is 7.04. The van der Waals surface area contributed by atoms with Crippen molar-refractivity contribution in [1.82, 2.24) is 14.5 Å². The summed E-state index contributed by atoms with van der Waals surface area (Å²) in [6, 6.07) is 10.4. The molecule has 1 saturated carbocycles. The van der Waals surface area contributed by atoms with Crippen LogP contribution in [-0.4, -0.2) is 27.7 Å². The minimum atomic E-state index is -0.345. The van der Waals surface area contributed by atoms with Crippen LogP contribution in [0.3, 0.4) is 0 Å². The second kappa shape index (κ2) is 6.46. The summed E-state index contributed by atoms with van der Waals surface area (Å²) in [6.45, 7) is 4.07. The van der Waals surface area contributed by atoms with Gasteiger partial charge in [0.2, 0.25) is 0 Å². The van der Waals surface area contributed by atoms with Crippen LogP contribution in [-0.2, 0) is 17.4 Å². The molecule has 3 aromatic rings. The van der Waals surface area contributed by atoms with E-state index in [2.05, 4.69) is 22.4 Å². The number of anilines is 1. The van der Waals surface area contributed by atoms with Gasteiger partial charge in [-0.1, -0.05) is 24.3 Å².